The van der Waals surface area contributed by atoms with Crippen molar-refractivity contribution in [3.63, 3.8) is 0 Å². The van der Waals surface area contributed by atoms with E-state index < -0.39 is 6.04 Å². The maximum atomic E-state index is 12.6. The molecule has 0 bridgehead atoms. The number of amides is 1. The average Bonchev–Trinajstić information content (AvgIpc) is 2.49. The van der Waals surface area contributed by atoms with Crippen LogP contribution in [0, 0.1) is 0 Å². The highest BCUT2D eigenvalue weighted by Crippen LogP contribution is 2.28. The lowest BCUT2D eigenvalue weighted by molar-refractivity contribution is -0.134. The first-order valence-electron chi connectivity index (χ1n) is 7.32. The molecule has 1 amide bonds. The zero-order valence-electron chi connectivity index (χ0n) is 13.0. The van der Waals surface area contributed by atoms with Gasteiger partial charge in [-0.3, -0.25) is 4.79 Å². The maximum absolute atomic E-state index is 12.6. The van der Waals surface area contributed by atoms with E-state index >= 15 is 0 Å². The summed E-state index contributed by atoms with van der Waals surface area (Å²) in [5.74, 6) is 0.963. The minimum absolute atomic E-state index is 0.0216. The fourth-order valence-corrected chi connectivity index (χ4v) is 3.40. The third kappa shape index (κ3) is 5.31. The number of hydrogen-bond donors (Lipinski definition) is 1. The number of rotatable bonds is 8. The Hall–Kier alpha value is -0.520. The normalized spacial score (nSPS) is 13.8. The van der Waals surface area contributed by atoms with E-state index in [4.69, 9.17) is 5.73 Å². The second-order valence-electron chi connectivity index (χ2n) is 5.12. The van der Waals surface area contributed by atoms with Gasteiger partial charge in [0.25, 0.3) is 0 Å². The van der Waals surface area contributed by atoms with E-state index in [9.17, 15) is 4.79 Å². The van der Waals surface area contributed by atoms with Gasteiger partial charge in [0.1, 0.15) is 0 Å². The van der Waals surface area contributed by atoms with Crippen LogP contribution in [0.4, 0.5) is 0 Å². The molecule has 0 aromatic heterocycles. The van der Waals surface area contributed by atoms with Crippen LogP contribution in [-0.4, -0.2) is 35.4 Å². The summed E-state index contributed by atoms with van der Waals surface area (Å²) in [4.78, 5) is 14.5. The van der Waals surface area contributed by atoms with Crippen LogP contribution in [0.5, 0.6) is 0 Å². The van der Waals surface area contributed by atoms with Gasteiger partial charge in [-0.2, -0.15) is 11.8 Å². The highest BCUT2D eigenvalue weighted by Gasteiger charge is 2.26. The predicted octanol–water partition coefficient (Wildman–Crippen LogP) is 3.83. The first kappa shape index (κ1) is 18.5. The fraction of sp³-hybridized carbons (Fsp3) is 0.562. The van der Waals surface area contributed by atoms with E-state index in [0.29, 0.717) is 0 Å². The van der Waals surface area contributed by atoms with Gasteiger partial charge in [0.05, 0.1) is 12.1 Å². The molecule has 1 unspecified atom stereocenters. The first-order valence-corrected chi connectivity index (χ1v) is 9.51. The monoisotopic (exact) mass is 372 g/mol. The van der Waals surface area contributed by atoms with E-state index in [1.165, 1.54) is 0 Å². The number of carbonyl (C=O) groups excluding carboxylic acids is 1. The van der Waals surface area contributed by atoms with E-state index in [0.717, 1.165) is 35.2 Å². The van der Waals surface area contributed by atoms with Crippen molar-refractivity contribution in [2.24, 2.45) is 5.73 Å². The number of nitrogens with two attached hydrogens (primary N) is 1. The molecule has 1 aromatic carbocycles. The molecule has 0 saturated heterocycles. The van der Waals surface area contributed by atoms with Crippen LogP contribution in [-0.2, 0) is 4.79 Å². The molecule has 2 N–H and O–H groups in total. The molecule has 0 spiro atoms. The Bertz CT molecular complexity index is 456. The van der Waals surface area contributed by atoms with Gasteiger partial charge < -0.3 is 10.6 Å². The van der Waals surface area contributed by atoms with Gasteiger partial charge >= 0.3 is 0 Å². The molecule has 0 aliphatic heterocycles. The Morgan fingerprint density at radius 3 is 2.67 bits per heavy atom. The van der Waals surface area contributed by atoms with Crippen LogP contribution >= 0.6 is 27.7 Å². The largest absolute Gasteiger partial charge is 0.335 e. The summed E-state index contributed by atoms with van der Waals surface area (Å²) >= 11 is 5.29. The molecule has 5 heteroatoms. The van der Waals surface area contributed by atoms with Gasteiger partial charge in [0.15, 0.2) is 0 Å². The van der Waals surface area contributed by atoms with Crippen molar-refractivity contribution in [3.8, 4) is 0 Å². The van der Waals surface area contributed by atoms with Crippen molar-refractivity contribution in [2.45, 2.75) is 38.8 Å². The van der Waals surface area contributed by atoms with Gasteiger partial charge in [-0.1, -0.05) is 41.1 Å². The molecular weight excluding hydrogens is 348 g/mol. The highest BCUT2D eigenvalue weighted by molar-refractivity contribution is 9.10. The molecule has 0 radical (unpaired) electrons. The minimum Gasteiger partial charge on any atom is -0.335 e. The Morgan fingerprint density at radius 1 is 1.43 bits per heavy atom. The first-order chi connectivity index (χ1) is 10.0. The SMILES string of the molecule is CCCN(C(=O)[C@H](N)CCSC)C(C)c1ccccc1Br. The van der Waals surface area contributed by atoms with Gasteiger partial charge in [-0.25, -0.2) is 0 Å². The van der Waals surface area contributed by atoms with Gasteiger partial charge in [-0.15, -0.1) is 0 Å². The summed E-state index contributed by atoms with van der Waals surface area (Å²) in [6.07, 6.45) is 3.68. The molecule has 0 heterocycles. The quantitative estimate of drug-likeness (QED) is 0.753. The summed E-state index contributed by atoms with van der Waals surface area (Å²) in [5, 5.41) is 0. The zero-order valence-corrected chi connectivity index (χ0v) is 15.4. The summed E-state index contributed by atoms with van der Waals surface area (Å²) in [6.45, 7) is 4.88. The van der Waals surface area contributed by atoms with Crippen LogP contribution < -0.4 is 5.73 Å². The molecule has 0 fully saturated rings. The molecule has 0 saturated carbocycles. The van der Waals surface area contributed by atoms with Crippen molar-refractivity contribution < 1.29 is 4.79 Å². The van der Waals surface area contributed by atoms with E-state index in [2.05, 4.69) is 35.8 Å². The molecule has 0 aliphatic carbocycles. The van der Waals surface area contributed by atoms with E-state index in [-0.39, 0.29) is 11.9 Å². The number of thioether (sulfide) groups is 1. The topological polar surface area (TPSA) is 46.3 Å². The lowest BCUT2D eigenvalue weighted by Gasteiger charge is -2.32. The summed E-state index contributed by atoms with van der Waals surface area (Å²) in [7, 11) is 0. The molecular formula is C16H25BrN2OS. The van der Waals surface area contributed by atoms with Gasteiger partial charge in [-0.05, 0) is 43.4 Å². The number of benzene rings is 1. The Kier molecular flexibility index (Phi) is 8.37. The Morgan fingerprint density at radius 2 is 2.10 bits per heavy atom. The van der Waals surface area contributed by atoms with Crippen molar-refractivity contribution in [2.75, 3.05) is 18.6 Å². The van der Waals surface area contributed by atoms with E-state index in [1.54, 1.807) is 11.8 Å². The van der Waals surface area contributed by atoms with Gasteiger partial charge in [0.2, 0.25) is 5.91 Å². The van der Waals surface area contributed by atoms with Crippen LogP contribution in [0.25, 0.3) is 0 Å². The molecule has 0 aliphatic rings. The minimum atomic E-state index is -0.408. The van der Waals surface area contributed by atoms with Crippen LogP contribution in [0.15, 0.2) is 28.7 Å². The lowest BCUT2D eigenvalue weighted by atomic mass is 10.0. The number of nitrogens with zero attached hydrogens (tertiary/aromatic N) is 1. The maximum Gasteiger partial charge on any atom is 0.240 e. The molecule has 1 aromatic rings. The lowest BCUT2D eigenvalue weighted by Crippen LogP contribution is -2.45. The summed E-state index contributed by atoms with van der Waals surface area (Å²) in [5.41, 5.74) is 7.19. The second kappa shape index (κ2) is 9.49. The predicted molar refractivity (Wildman–Crippen MR) is 95.5 cm³/mol. The summed E-state index contributed by atoms with van der Waals surface area (Å²) < 4.78 is 1.03. The van der Waals surface area contributed by atoms with Crippen molar-refractivity contribution in [3.05, 3.63) is 34.3 Å². The second-order valence-corrected chi connectivity index (χ2v) is 6.96. The zero-order chi connectivity index (χ0) is 15.8. The van der Waals surface area contributed by atoms with Crippen LogP contribution in [0.3, 0.4) is 0 Å². The Labute approximate surface area is 140 Å². The Balaban J connectivity index is 2.90. The number of carbonyl (C=O) groups is 1. The summed E-state index contributed by atoms with van der Waals surface area (Å²) in [6, 6.07) is 7.66. The molecule has 2 atom stereocenters. The molecule has 1 rings (SSSR count). The standard InChI is InChI=1S/C16H25BrN2OS/c1-4-10-19(16(20)15(18)9-11-21-3)12(2)13-7-5-6-8-14(13)17/h5-8,12,15H,4,9-11,18H2,1-3H3/t12?,15-/m1/s1. The molecule has 118 valence electrons. The van der Waals surface area contributed by atoms with Crippen LogP contribution in [0.1, 0.15) is 38.3 Å². The average molecular weight is 373 g/mol. The third-order valence-corrected chi connectivity index (χ3v) is 4.89. The number of halogens is 1. The highest BCUT2D eigenvalue weighted by atomic mass is 79.9. The van der Waals surface area contributed by atoms with Gasteiger partial charge in [0, 0.05) is 11.0 Å². The van der Waals surface area contributed by atoms with Crippen molar-refractivity contribution in [1.82, 2.24) is 4.90 Å². The fourth-order valence-electron chi connectivity index (χ4n) is 2.30. The molecule has 21 heavy (non-hydrogen) atoms. The third-order valence-electron chi connectivity index (χ3n) is 3.52. The number of hydrogen-bond acceptors (Lipinski definition) is 3. The molecule has 3 nitrogen and oxygen atoms in total. The van der Waals surface area contributed by atoms with Crippen LogP contribution in [0.2, 0.25) is 0 Å². The van der Waals surface area contributed by atoms with Crippen molar-refractivity contribution in [1.29, 1.82) is 0 Å². The van der Waals surface area contributed by atoms with E-state index in [1.807, 2.05) is 29.4 Å². The van der Waals surface area contributed by atoms with Crippen molar-refractivity contribution >= 4 is 33.6 Å². The smallest absolute Gasteiger partial charge is 0.240 e.